The van der Waals surface area contributed by atoms with Crippen molar-refractivity contribution in [3.63, 3.8) is 0 Å². The maximum Gasteiger partial charge on any atom is 0.270 e. The number of pyridine rings is 1. The number of nitrogens with zero attached hydrogens (tertiary/aromatic N) is 2. The van der Waals surface area contributed by atoms with Crippen LogP contribution in [-0.2, 0) is 6.54 Å². The number of carbonyl (C=O) groups excluding carboxylic acids is 2. The highest BCUT2D eigenvalue weighted by Gasteiger charge is 2.26. The van der Waals surface area contributed by atoms with Gasteiger partial charge < -0.3 is 15.0 Å². The second-order valence-electron chi connectivity index (χ2n) is 7.02. The van der Waals surface area contributed by atoms with E-state index in [9.17, 15) is 9.59 Å². The van der Waals surface area contributed by atoms with Gasteiger partial charge in [0.2, 0.25) is 0 Å². The summed E-state index contributed by atoms with van der Waals surface area (Å²) in [5.74, 6) is 0.459. The van der Waals surface area contributed by atoms with Crippen LogP contribution in [0.5, 0.6) is 5.75 Å². The fraction of sp³-hybridized carbons (Fsp3) is 0.409. The number of benzene rings is 1. The summed E-state index contributed by atoms with van der Waals surface area (Å²) in [4.78, 5) is 31.5. The Bertz CT molecular complexity index is 820. The van der Waals surface area contributed by atoms with Crippen LogP contribution in [-0.4, -0.2) is 41.4 Å². The number of aromatic nitrogens is 1. The van der Waals surface area contributed by atoms with Crippen molar-refractivity contribution in [2.24, 2.45) is 0 Å². The lowest BCUT2D eigenvalue weighted by Crippen LogP contribution is -2.43. The monoisotopic (exact) mass is 381 g/mol. The number of methoxy groups -OCH3 is 1. The summed E-state index contributed by atoms with van der Waals surface area (Å²) < 4.78 is 5.13. The Labute approximate surface area is 165 Å². The van der Waals surface area contributed by atoms with E-state index in [-0.39, 0.29) is 23.6 Å². The summed E-state index contributed by atoms with van der Waals surface area (Å²) in [5, 5.41) is 2.85. The van der Waals surface area contributed by atoms with Crippen molar-refractivity contribution < 1.29 is 14.3 Å². The molecular weight excluding hydrogens is 354 g/mol. The molecule has 2 heterocycles. The number of piperidine rings is 1. The zero-order valence-corrected chi connectivity index (χ0v) is 16.5. The summed E-state index contributed by atoms with van der Waals surface area (Å²) in [6.07, 6.45) is 5.72. The van der Waals surface area contributed by atoms with Gasteiger partial charge in [-0.15, -0.1) is 0 Å². The van der Waals surface area contributed by atoms with Gasteiger partial charge in [0.1, 0.15) is 11.4 Å². The first-order valence-corrected chi connectivity index (χ1v) is 9.80. The first-order valence-electron chi connectivity index (χ1n) is 9.80. The van der Waals surface area contributed by atoms with Gasteiger partial charge in [0, 0.05) is 30.9 Å². The van der Waals surface area contributed by atoms with Crippen molar-refractivity contribution in [1.29, 1.82) is 0 Å². The Balaban J connectivity index is 1.66. The Kier molecular flexibility index (Phi) is 6.63. The van der Waals surface area contributed by atoms with Crippen LogP contribution in [0, 0.1) is 0 Å². The predicted molar refractivity (Wildman–Crippen MR) is 107 cm³/mol. The first-order chi connectivity index (χ1) is 13.6. The lowest BCUT2D eigenvalue weighted by molar-refractivity contribution is 0.0608. The average Bonchev–Trinajstić information content (AvgIpc) is 2.77. The molecule has 0 bridgehead atoms. The summed E-state index contributed by atoms with van der Waals surface area (Å²) in [7, 11) is 1.61. The number of rotatable bonds is 6. The Morgan fingerprint density at radius 3 is 2.71 bits per heavy atom. The van der Waals surface area contributed by atoms with Crippen molar-refractivity contribution >= 4 is 11.8 Å². The van der Waals surface area contributed by atoms with Crippen LogP contribution in [0.1, 0.15) is 59.0 Å². The number of hydrogen-bond acceptors (Lipinski definition) is 4. The lowest BCUT2D eigenvalue weighted by Gasteiger charge is -2.35. The van der Waals surface area contributed by atoms with Crippen molar-refractivity contribution in [1.82, 2.24) is 15.2 Å². The minimum Gasteiger partial charge on any atom is -0.497 e. The summed E-state index contributed by atoms with van der Waals surface area (Å²) in [6.45, 7) is 3.27. The van der Waals surface area contributed by atoms with Gasteiger partial charge in [0.15, 0.2) is 0 Å². The van der Waals surface area contributed by atoms with Gasteiger partial charge in [0.05, 0.1) is 7.11 Å². The SMILES string of the molecule is CCC1CCCCN1C(=O)c1ccnc(C(=O)NCc2ccc(OC)cc2)c1. The minimum atomic E-state index is -0.295. The highest BCUT2D eigenvalue weighted by atomic mass is 16.5. The molecule has 1 aromatic heterocycles. The average molecular weight is 381 g/mol. The second kappa shape index (κ2) is 9.35. The van der Waals surface area contributed by atoms with E-state index >= 15 is 0 Å². The highest BCUT2D eigenvalue weighted by Crippen LogP contribution is 2.22. The molecule has 6 heteroatoms. The largest absolute Gasteiger partial charge is 0.497 e. The first kappa shape index (κ1) is 19.9. The van der Waals surface area contributed by atoms with Gasteiger partial charge in [-0.3, -0.25) is 14.6 Å². The number of nitrogens with one attached hydrogen (secondary N) is 1. The van der Waals surface area contributed by atoms with E-state index in [2.05, 4.69) is 17.2 Å². The maximum atomic E-state index is 12.9. The number of carbonyl (C=O) groups is 2. The predicted octanol–water partition coefficient (Wildman–Crippen LogP) is 3.42. The van der Waals surface area contributed by atoms with Crippen molar-refractivity contribution in [2.45, 2.75) is 45.2 Å². The number of likely N-dealkylation sites (tertiary alicyclic amines) is 1. The standard InChI is InChI=1S/C22H27N3O3/c1-3-18-6-4-5-13-25(18)22(27)17-11-12-23-20(14-17)21(26)24-15-16-7-9-19(28-2)10-8-16/h7-12,14,18H,3-6,13,15H2,1-2H3,(H,24,26). The van der Waals surface area contributed by atoms with Crippen molar-refractivity contribution in [2.75, 3.05) is 13.7 Å². The van der Waals surface area contributed by atoms with Crippen LogP contribution in [0.3, 0.4) is 0 Å². The minimum absolute atomic E-state index is 0.0156. The zero-order valence-electron chi connectivity index (χ0n) is 16.5. The molecule has 1 aromatic carbocycles. The molecule has 148 valence electrons. The van der Waals surface area contributed by atoms with Gasteiger partial charge >= 0.3 is 0 Å². The number of amides is 2. The molecule has 0 saturated carbocycles. The second-order valence-corrected chi connectivity index (χ2v) is 7.02. The fourth-order valence-electron chi connectivity index (χ4n) is 3.56. The van der Waals surface area contributed by atoms with Crippen LogP contribution in [0.4, 0.5) is 0 Å². The maximum absolute atomic E-state index is 12.9. The molecule has 0 radical (unpaired) electrons. The third-order valence-corrected chi connectivity index (χ3v) is 5.21. The Morgan fingerprint density at radius 2 is 2.00 bits per heavy atom. The normalized spacial score (nSPS) is 16.5. The molecule has 1 aliphatic heterocycles. The van der Waals surface area contributed by atoms with Crippen LogP contribution in [0.15, 0.2) is 42.6 Å². The van der Waals surface area contributed by atoms with Crippen LogP contribution in [0.2, 0.25) is 0 Å². The quantitative estimate of drug-likeness (QED) is 0.832. The van der Waals surface area contributed by atoms with Crippen LogP contribution >= 0.6 is 0 Å². The van der Waals surface area contributed by atoms with Crippen molar-refractivity contribution in [3.8, 4) is 5.75 Å². The summed E-state index contributed by atoms with van der Waals surface area (Å²) in [6, 6.07) is 11.0. The molecule has 1 unspecified atom stereocenters. The summed E-state index contributed by atoms with van der Waals surface area (Å²) >= 11 is 0. The third kappa shape index (κ3) is 4.68. The van der Waals surface area contributed by atoms with E-state index in [4.69, 9.17) is 4.74 Å². The van der Waals surface area contributed by atoms with Crippen LogP contribution in [0.25, 0.3) is 0 Å². The molecule has 1 aliphatic rings. The third-order valence-electron chi connectivity index (χ3n) is 5.21. The van der Waals surface area contributed by atoms with Crippen LogP contribution < -0.4 is 10.1 Å². The van der Waals surface area contributed by atoms with Gasteiger partial charge in [-0.1, -0.05) is 19.1 Å². The van der Waals surface area contributed by atoms with Gasteiger partial charge in [-0.25, -0.2) is 0 Å². The van der Waals surface area contributed by atoms with E-state index in [0.29, 0.717) is 12.1 Å². The van der Waals surface area contributed by atoms with E-state index < -0.39 is 0 Å². The fourth-order valence-corrected chi connectivity index (χ4v) is 3.56. The Hall–Kier alpha value is -2.89. The molecule has 2 amide bonds. The Morgan fingerprint density at radius 1 is 1.21 bits per heavy atom. The molecule has 0 aliphatic carbocycles. The molecular formula is C22H27N3O3. The molecule has 3 rings (SSSR count). The lowest BCUT2D eigenvalue weighted by atomic mass is 9.99. The molecule has 1 saturated heterocycles. The topological polar surface area (TPSA) is 71.5 Å². The van der Waals surface area contributed by atoms with Gasteiger partial charge in [-0.2, -0.15) is 0 Å². The van der Waals surface area contributed by atoms with E-state index in [1.165, 1.54) is 6.20 Å². The molecule has 1 atom stereocenters. The van der Waals surface area contributed by atoms with E-state index in [1.54, 1.807) is 19.2 Å². The molecule has 0 spiro atoms. The summed E-state index contributed by atoms with van der Waals surface area (Å²) in [5.41, 5.74) is 1.73. The van der Waals surface area contributed by atoms with E-state index in [0.717, 1.165) is 43.5 Å². The number of hydrogen-bond donors (Lipinski definition) is 1. The molecule has 1 N–H and O–H groups in total. The van der Waals surface area contributed by atoms with Gasteiger partial charge in [0.25, 0.3) is 11.8 Å². The molecule has 1 fully saturated rings. The number of ether oxygens (including phenoxy) is 1. The zero-order chi connectivity index (χ0) is 19.9. The highest BCUT2D eigenvalue weighted by molar-refractivity contribution is 5.98. The van der Waals surface area contributed by atoms with Gasteiger partial charge in [-0.05, 0) is 55.5 Å². The molecule has 28 heavy (non-hydrogen) atoms. The molecule has 6 nitrogen and oxygen atoms in total. The van der Waals surface area contributed by atoms with Crippen molar-refractivity contribution in [3.05, 3.63) is 59.4 Å². The molecule has 2 aromatic rings. The van der Waals surface area contributed by atoms with E-state index in [1.807, 2.05) is 29.2 Å². The smallest absolute Gasteiger partial charge is 0.270 e.